The molecule has 0 aliphatic carbocycles. The van der Waals surface area contributed by atoms with E-state index in [1.807, 2.05) is 44.2 Å². The van der Waals surface area contributed by atoms with Crippen molar-refractivity contribution in [3.8, 4) is 11.4 Å². The number of carbonyl (C=O) groups excluding carboxylic acids is 1. The standard InChI is InChI=1S/C16H24N6O/c1-4-16(17,5-2)11-18-15(23)12(3)22-20-14(19-21-22)13-9-7-6-8-10-13/h6-10,12H,4-5,11,17H2,1-3H3,(H,18,23). The van der Waals surface area contributed by atoms with E-state index in [-0.39, 0.29) is 11.4 Å². The molecule has 23 heavy (non-hydrogen) atoms. The second-order valence-corrected chi connectivity index (χ2v) is 5.76. The number of nitrogens with zero attached hydrogens (tertiary/aromatic N) is 4. The predicted octanol–water partition coefficient (Wildman–Crippen LogP) is 1.53. The average molecular weight is 316 g/mol. The molecule has 1 amide bonds. The summed E-state index contributed by atoms with van der Waals surface area (Å²) in [7, 11) is 0. The Balaban J connectivity index is 2.02. The second kappa shape index (κ2) is 7.32. The van der Waals surface area contributed by atoms with Crippen LogP contribution < -0.4 is 11.1 Å². The number of rotatable bonds is 7. The van der Waals surface area contributed by atoms with E-state index in [0.717, 1.165) is 18.4 Å². The van der Waals surface area contributed by atoms with E-state index in [1.165, 1.54) is 4.80 Å². The highest BCUT2D eigenvalue weighted by Crippen LogP contribution is 2.14. The summed E-state index contributed by atoms with van der Waals surface area (Å²) in [5, 5.41) is 15.2. The fraction of sp³-hybridized carbons (Fsp3) is 0.500. The van der Waals surface area contributed by atoms with Crippen molar-refractivity contribution < 1.29 is 4.79 Å². The summed E-state index contributed by atoms with van der Waals surface area (Å²) in [5.41, 5.74) is 6.69. The molecule has 1 aromatic carbocycles. The molecule has 2 rings (SSSR count). The number of nitrogens with one attached hydrogen (secondary N) is 1. The normalized spacial score (nSPS) is 12.9. The lowest BCUT2D eigenvalue weighted by Gasteiger charge is -2.27. The number of nitrogens with two attached hydrogens (primary N) is 1. The van der Waals surface area contributed by atoms with Crippen molar-refractivity contribution in [2.45, 2.75) is 45.2 Å². The van der Waals surface area contributed by atoms with Gasteiger partial charge in [0, 0.05) is 17.6 Å². The van der Waals surface area contributed by atoms with Crippen LogP contribution in [0.4, 0.5) is 0 Å². The minimum absolute atomic E-state index is 0.168. The fourth-order valence-electron chi connectivity index (χ4n) is 2.11. The van der Waals surface area contributed by atoms with Crippen molar-refractivity contribution in [1.82, 2.24) is 25.5 Å². The van der Waals surface area contributed by atoms with E-state index in [1.54, 1.807) is 6.92 Å². The number of carbonyl (C=O) groups is 1. The Labute approximate surface area is 136 Å². The maximum Gasteiger partial charge on any atom is 0.246 e. The van der Waals surface area contributed by atoms with Crippen LogP contribution in [0.25, 0.3) is 11.4 Å². The number of hydrogen-bond acceptors (Lipinski definition) is 5. The molecule has 0 bridgehead atoms. The van der Waals surface area contributed by atoms with Gasteiger partial charge in [-0.1, -0.05) is 44.2 Å². The molecule has 2 aromatic rings. The molecule has 0 fully saturated rings. The number of hydrogen-bond donors (Lipinski definition) is 2. The van der Waals surface area contributed by atoms with Gasteiger partial charge in [0.15, 0.2) is 0 Å². The average Bonchev–Trinajstić information content (AvgIpc) is 3.09. The van der Waals surface area contributed by atoms with Crippen LogP contribution in [0.2, 0.25) is 0 Å². The van der Waals surface area contributed by atoms with Gasteiger partial charge in [0.2, 0.25) is 11.7 Å². The quantitative estimate of drug-likeness (QED) is 0.807. The van der Waals surface area contributed by atoms with Crippen molar-refractivity contribution in [3.05, 3.63) is 30.3 Å². The van der Waals surface area contributed by atoms with Crippen LogP contribution in [0.1, 0.15) is 39.7 Å². The summed E-state index contributed by atoms with van der Waals surface area (Å²) in [6.45, 7) is 6.21. The maximum absolute atomic E-state index is 12.3. The summed E-state index contributed by atoms with van der Waals surface area (Å²) in [4.78, 5) is 13.6. The smallest absolute Gasteiger partial charge is 0.246 e. The van der Waals surface area contributed by atoms with Gasteiger partial charge in [0.1, 0.15) is 6.04 Å². The summed E-state index contributed by atoms with van der Waals surface area (Å²) in [6.07, 6.45) is 1.61. The molecule has 0 radical (unpaired) electrons. The lowest BCUT2D eigenvalue weighted by molar-refractivity contribution is -0.124. The molecule has 7 heteroatoms. The first kappa shape index (κ1) is 17.1. The van der Waals surface area contributed by atoms with Gasteiger partial charge in [-0.3, -0.25) is 4.79 Å². The zero-order valence-corrected chi connectivity index (χ0v) is 13.9. The van der Waals surface area contributed by atoms with Gasteiger partial charge < -0.3 is 11.1 Å². The summed E-state index contributed by atoms with van der Waals surface area (Å²) in [5.74, 6) is 0.333. The van der Waals surface area contributed by atoms with Gasteiger partial charge in [-0.25, -0.2) is 0 Å². The summed E-state index contributed by atoms with van der Waals surface area (Å²) in [6, 6.07) is 8.99. The van der Waals surface area contributed by atoms with E-state index in [9.17, 15) is 4.79 Å². The maximum atomic E-state index is 12.3. The number of tetrazole rings is 1. The molecular weight excluding hydrogens is 292 g/mol. The van der Waals surface area contributed by atoms with Gasteiger partial charge in [-0.15, -0.1) is 10.2 Å². The van der Waals surface area contributed by atoms with Crippen molar-refractivity contribution >= 4 is 5.91 Å². The largest absolute Gasteiger partial charge is 0.352 e. The monoisotopic (exact) mass is 316 g/mol. The molecule has 7 nitrogen and oxygen atoms in total. The Hall–Kier alpha value is -2.28. The highest BCUT2D eigenvalue weighted by Gasteiger charge is 2.24. The van der Waals surface area contributed by atoms with Gasteiger partial charge >= 0.3 is 0 Å². The number of benzene rings is 1. The Morgan fingerprint density at radius 2 is 1.96 bits per heavy atom. The van der Waals surface area contributed by atoms with Gasteiger partial charge in [0.25, 0.3) is 0 Å². The molecule has 1 unspecified atom stereocenters. The highest BCUT2D eigenvalue weighted by molar-refractivity contribution is 5.79. The topological polar surface area (TPSA) is 98.7 Å². The lowest BCUT2D eigenvalue weighted by Crippen LogP contribution is -2.50. The first-order chi connectivity index (χ1) is 11.0. The third kappa shape index (κ3) is 4.13. The zero-order chi connectivity index (χ0) is 16.9. The SMILES string of the molecule is CCC(N)(CC)CNC(=O)C(C)n1nnc(-c2ccccc2)n1. The van der Waals surface area contributed by atoms with Crippen LogP contribution in [0.5, 0.6) is 0 Å². The third-order valence-electron chi connectivity index (χ3n) is 4.21. The number of aromatic nitrogens is 4. The minimum Gasteiger partial charge on any atom is -0.352 e. The molecule has 0 aliphatic heterocycles. The highest BCUT2D eigenvalue weighted by atomic mass is 16.2. The van der Waals surface area contributed by atoms with Crippen molar-refractivity contribution in [3.63, 3.8) is 0 Å². The minimum atomic E-state index is -0.544. The zero-order valence-electron chi connectivity index (χ0n) is 13.9. The van der Waals surface area contributed by atoms with Crippen molar-refractivity contribution in [2.75, 3.05) is 6.54 Å². The molecule has 0 aliphatic rings. The van der Waals surface area contributed by atoms with Crippen LogP contribution in [0.3, 0.4) is 0 Å². The Kier molecular flexibility index (Phi) is 5.44. The van der Waals surface area contributed by atoms with E-state index < -0.39 is 6.04 Å². The van der Waals surface area contributed by atoms with Crippen LogP contribution in [0.15, 0.2) is 30.3 Å². The van der Waals surface area contributed by atoms with E-state index in [0.29, 0.717) is 12.4 Å². The Bertz CT molecular complexity index is 635. The predicted molar refractivity (Wildman–Crippen MR) is 88.5 cm³/mol. The molecule has 0 saturated carbocycles. The first-order valence-corrected chi connectivity index (χ1v) is 7.90. The van der Waals surface area contributed by atoms with Crippen LogP contribution >= 0.6 is 0 Å². The van der Waals surface area contributed by atoms with E-state index >= 15 is 0 Å². The fourth-order valence-corrected chi connectivity index (χ4v) is 2.11. The molecule has 0 saturated heterocycles. The lowest BCUT2D eigenvalue weighted by atomic mass is 9.94. The summed E-state index contributed by atoms with van der Waals surface area (Å²) >= 11 is 0. The third-order valence-corrected chi connectivity index (χ3v) is 4.21. The first-order valence-electron chi connectivity index (χ1n) is 7.90. The molecule has 3 N–H and O–H groups in total. The molecular formula is C16H24N6O. The van der Waals surface area contributed by atoms with Gasteiger partial charge in [-0.2, -0.15) is 4.80 Å². The van der Waals surface area contributed by atoms with Crippen LogP contribution in [0, 0.1) is 0 Å². The molecule has 124 valence electrons. The molecule has 0 spiro atoms. The molecule has 1 heterocycles. The Morgan fingerprint density at radius 1 is 1.30 bits per heavy atom. The number of amides is 1. The van der Waals surface area contributed by atoms with E-state index in [2.05, 4.69) is 20.7 Å². The van der Waals surface area contributed by atoms with Gasteiger partial charge in [-0.05, 0) is 25.0 Å². The molecule has 1 aromatic heterocycles. The van der Waals surface area contributed by atoms with E-state index in [4.69, 9.17) is 5.73 Å². The van der Waals surface area contributed by atoms with Crippen molar-refractivity contribution in [1.29, 1.82) is 0 Å². The second-order valence-electron chi connectivity index (χ2n) is 5.76. The van der Waals surface area contributed by atoms with Crippen LogP contribution in [-0.4, -0.2) is 38.2 Å². The van der Waals surface area contributed by atoms with Gasteiger partial charge in [0.05, 0.1) is 0 Å². The summed E-state index contributed by atoms with van der Waals surface area (Å²) < 4.78 is 0. The Morgan fingerprint density at radius 3 is 2.57 bits per heavy atom. The van der Waals surface area contributed by atoms with Crippen molar-refractivity contribution in [2.24, 2.45) is 5.73 Å². The van der Waals surface area contributed by atoms with Crippen LogP contribution in [-0.2, 0) is 4.79 Å². The molecule has 1 atom stereocenters.